The minimum Gasteiger partial charge on any atom is -0.241 e. The molecule has 38 valence electrons. The topological polar surface area (TPSA) is 36.2 Å². The maximum Gasteiger partial charge on any atom is 0.0912 e. The maximum atomic E-state index is 6.33. The lowest BCUT2D eigenvalue weighted by atomic mass is 10.4. The molecule has 0 aromatic heterocycles. The first-order valence-electron chi connectivity index (χ1n) is 2.02. The Morgan fingerprint density at radius 1 is 1.71 bits per heavy atom. The van der Waals surface area contributed by atoms with Crippen LogP contribution in [0.4, 0.5) is 0 Å². The second-order valence-corrected chi connectivity index (χ2v) is 1.45. The number of aliphatic imine (C=N–C) groups is 1. The standard InChI is InChI=1S/C5H8N2/c1-5(2)3-7-4-6/h3,6H,1-2H3. The zero-order valence-corrected chi connectivity index (χ0v) is 4.52. The normalized spacial score (nSPS) is 6.57. The highest BCUT2D eigenvalue weighted by molar-refractivity contribution is 5.37. The molecule has 0 aromatic carbocycles. The van der Waals surface area contributed by atoms with E-state index in [2.05, 4.69) is 4.99 Å². The molecule has 0 aliphatic rings. The molecule has 0 amide bonds. The van der Waals surface area contributed by atoms with Gasteiger partial charge in [0.15, 0.2) is 0 Å². The van der Waals surface area contributed by atoms with Crippen molar-refractivity contribution < 1.29 is 0 Å². The highest BCUT2D eigenvalue weighted by atomic mass is 14.7. The summed E-state index contributed by atoms with van der Waals surface area (Å²) in [6, 6.07) is 1.90. The predicted octanol–water partition coefficient (Wildman–Crippen LogP) is 1.66. The molecule has 0 aliphatic heterocycles. The smallest absolute Gasteiger partial charge is 0.0912 e. The van der Waals surface area contributed by atoms with Crippen molar-refractivity contribution in [2.24, 2.45) is 4.99 Å². The zero-order chi connectivity index (χ0) is 5.70. The van der Waals surface area contributed by atoms with Crippen LogP contribution >= 0.6 is 0 Å². The molecule has 1 N–H and O–H groups in total. The number of nitrogens with zero attached hydrogens (tertiary/aromatic N) is 1. The van der Waals surface area contributed by atoms with Crippen LogP contribution in [0.3, 0.4) is 0 Å². The minimum absolute atomic E-state index is 1.08. The van der Waals surface area contributed by atoms with Gasteiger partial charge in [-0.25, -0.2) is 5.41 Å². The Morgan fingerprint density at radius 3 is 2.43 bits per heavy atom. The van der Waals surface area contributed by atoms with Crippen LogP contribution in [0.5, 0.6) is 0 Å². The van der Waals surface area contributed by atoms with Crippen molar-refractivity contribution in [3.05, 3.63) is 11.8 Å². The lowest BCUT2D eigenvalue weighted by Gasteiger charge is -1.75. The van der Waals surface area contributed by atoms with E-state index >= 15 is 0 Å². The van der Waals surface area contributed by atoms with Gasteiger partial charge in [-0.3, -0.25) is 0 Å². The van der Waals surface area contributed by atoms with Crippen molar-refractivity contribution in [1.82, 2.24) is 0 Å². The quantitative estimate of drug-likeness (QED) is 0.482. The zero-order valence-electron chi connectivity index (χ0n) is 4.52. The summed E-state index contributed by atoms with van der Waals surface area (Å²) in [4.78, 5) is 3.43. The van der Waals surface area contributed by atoms with E-state index in [-0.39, 0.29) is 0 Å². The van der Waals surface area contributed by atoms with E-state index in [0.29, 0.717) is 0 Å². The molecule has 2 nitrogen and oxygen atoms in total. The lowest BCUT2D eigenvalue weighted by molar-refractivity contribution is 1.33. The van der Waals surface area contributed by atoms with E-state index in [4.69, 9.17) is 5.41 Å². The van der Waals surface area contributed by atoms with Gasteiger partial charge in [0.2, 0.25) is 0 Å². The predicted molar refractivity (Wildman–Crippen MR) is 29.6 cm³/mol. The van der Waals surface area contributed by atoms with Crippen molar-refractivity contribution >= 4 is 6.01 Å². The second kappa shape index (κ2) is 3.32. The monoisotopic (exact) mass is 96.1 g/mol. The molecule has 0 bridgehead atoms. The van der Waals surface area contributed by atoms with Crippen LogP contribution in [0, 0.1) is 5.41 Å². The highest BCUT2D eigenvalue weighted by Crippen LogP contribution is 1.85. The minimum atomic E-state index is 1.08. The van der Waals surface area contributed by atoms with Crippen LogP contribution < -0.4 is 0 Å². The first kappa shape index (κ1) is 6.12. The van der Waals surface area contributed by atoms with Crippen molar-refractivity contribution in [2.45, 2.75) is 13.8 Å². The van der Waals surface area contributed by atoms with E-state index in [0.717, 1.165) is 5.57 Å². The lowest BCUT2D eigenvalue weighted by Crippen LogP contribution is -1.56. The van der Waals surface area contributed by atoms with Crippen LogP contribution in [0.15, 0.2) is 16.8 Å². The molecule has 0 aliphatic carbocycles. The summed E-state index contributed by atoms with van der Waals surface area (Å²) >= 11 is 0. The number of nitrogens with one attached hydrogen (secondary N) is 1. The van der Waals surface area contributed by atoms with Gasteiger partial charge in [0, 0.05) is 6.20 Å². The van der Waals surface area contributed by atoms with Crippen LogP contribution in [-0.4, -0.2) is 6.01 Å². The second-order valence-electron chi connectivity index (χ2n) is 1.45. The van der Waals surface area contributed by atoms with Gasteiger partial charge in [-0.1, -0.05) is 5.57 Å². The Kier molecular flexibility index (Phi) is 2.90. The number of rotatable bonds is 1. The molecule has 2 heteroatoms. The number of hydrogen-bond acceptors (Lipinski definition) is 2. The van der Waals surface area contributed by atoms with Gasteiger partial charge < -0.3 is 0 Å². The highest BCUT2D eigenvalue weighted by Gasteiger charge is 1.66. The molecule has 0 fully saturated rings. The van der Waals surface area contributed by atoms with Crippen LogP contribution in [0.1, 0.15) is 13.8 Å². The van der Waals surface area contributed by atoms with Gasteiger partial charge >= 0.3 is 0 Å². The summed E-state index contributed by atoms with van der Waals surface area (Å²) < 4.78 is 0. The fourth-order valence-corrected chi connectivity index (χ4v) is 0.161. The van der Waals surface area contributed by atoms with Crippen molar-refractivity contribution in [2.75, 3.05) is 0 Å². The van der Waals surface area contributed by atoms with E-state index < -0.39 is 0 Å². The summed E-state index contributed by atoms with van der Waals surface area (Å²) in [6.07, 6.45) is 1.59. The fraction of sp³-hybridized carbons (Fsp3) is 0.400. The molecule has 0 spiro atoms. The molecule has 0 aromatic rings. The molecular formula is C5H8N2. The third kappa shape index (κ3) is 5.12. The summed E-state index contributed by atoms with van der Waals surface area (Å²) in [6.45, 7) is 3.84. The SMILES string of the molecule is CC(C)=CN=C=N. The molecule has 0 radical (unpaired) electrons. The third-order valence-corrected chi connectivity index (χ3v) is 0.387. The van der Waals surface area contributed by atoms with Gasteiger partial charge in [-0.05, 0) is 13.8 Å². The van der Waals surface area contributed by atoms with E-state index in [1.165, 1.54) is 0 Å². The first-order valence-corrected chi connectivity index (χ1v) is 2.02. The Balaban J connectivity index is 3.69. The van der Waals surface area contributed by atoms with E-state index in [1.54, 1.807) is 6.20 Å². The molecule has 0 saturated carbocycles. The molecule has 0 saturated heterocycles. The van der Waals surface area contributed by atoms with Crippen LogP contribution in [0.25, 0.3) is 0 Å². The molecule has 0 rings (SSSR count). The third-order valence-electron chi connectivity index (χ3n) is 0.387. The fourth-order valence-electron chi connectivity index (χ4n) is 0.161. The molecule has 0 unspecified atom stereocenters. The Labute approximate surface area is 43.1 Å². The average molecular weight is 96.1 g/mol. The van der Waals surface area contributed by atoms with Gasteiger partial charge in [0.05, 0.1) is 6.01 Å². The summed E-state index contributed by atoms with van der Waals surface area (Å²) in [5.74, 6) is 0. The largest absolute Gasteiger partial charge is 0.241 e. The Hall–Kier alpha value is -0.880. The van der Waals surface area contributed by atoms with Crippen molar-refractivity contribution in [3.63, 3.8) is 0 Å². The van der Waals surface area contributed by atoms with Crippen molar-refractivity contribution in [1.29, 1.82) is 5.41 Å². The summed E-state index contributed by atoms with van der Waals surface area (Å²) in [5, 5.41) is 6.33. The number of allylic oxidation sites excluding steroid dienone is 1. The first-order chi connectivity index (χ1) is 3.27. The summed E-state index contributed by atoms with van der Waals surface area (Å²) in [5.41, 5.74) is 1.08. The van der Waals surface area contributed by atoms with Crippen LogP contribution in [-0.2, 0) is 0 Å². The summed E-state index contributed by atoms with van der Waals surface area (Å²) in [7, 11) is 0. The van der Waals surface area contributed by atoms with Crippen molar-refractivity contribution in [3.8, 4) is 0 Å². The van der Waals surface area contributed by atoms with Crippen LogP contribution in [0.2, 0.25) is 0 Å². The Bertz CT molecular complexity index is 114. The van der Waals surface area contributed by atoms with Gasteiger partial charge in [0.25, 0.3) is 0 Å². The molecule has 7 heavy (non-hydrogen) atoms. The molecule has 0 atom stereocenters. The van der Waals surface area contributed by atoms with Gasteiger partial charge in [-0.2, -0.15) is 4.99 Å². The molecular weight excluding hydrogens is 88.1 g/mol. The van der Waals surface area contributed by atoms with E-state index in [9.17, 15) is 0 Å². The van der Waals surface area contributed by atoms with Gasteiger partial charge in [0.1, 0.15) is 0 Å². The maximum absolute atomic E-state index is 6.33. The average Bonchev–Trinajstić information content (AvgIpc) is 1.61. The Morgan fingerprint density at radius 2 is 2.29 bits per heavy atom. The number of hydrogen-bond donors (Lipinski definition) is 1. The molecule has 0 heterocycles. The van der Waals surface area contributed by atoms with Gasteiger partial charge in [-0.15, -0.1) is 0 Å². The van der Waals surface area contributed by atoms with E-state index in [1.807, 2.05) is 19.9 Å².